The lowest BCUT2D eigenvalue weighted by atomic mass is 9.84. The third-order valence-corrected chi connectivity index (χ3v) is 7.64. The van der Waals surface area contributed by atoms with Crippen molar-refractivity contribution in [3.63, 3.8) is 0 Å². The fourth-order valence-electron chi connectivity index (χ4n) is 5.23. The zero-order chi connectivity index (χ0) is 25.3. The Bertz CT molecular complexity index is 861. The maximum Gasteiger partial charge on any atom is 0.191 e. The summed E-state index contributed by atoms with van der Waals surface area (Å²) in [5.41, 5.74) is 5.60. The van der Waals surface area contributed by atoms with Crippen LogP contribution in [0.3, 0.4) is 0 Å². The van der Waals surface area contributed by atoms with E-state index in [2.05, 4.69) is 70.3 Å². The molecule has 0 radical (unpaired) electrons. The SMILES string of the molecule is CCCCc1ccc(Cl)c(NCC2/C=C\C/C(C3(CCC(C)(C)C)OCCO3)=C\CC2)c1CCC. The maximum absolute atomic E-state index is 6.70. The summed E-state index contributed by atoms with van der Waals surface area (Å²) in [7, 11) is 0. The molecule has 1 aromatic rings. The van der Waals surface area contributed by atoms with Gasteiger partial charge in [0.25, 0.3) is 0 Å². The van der Waals surface area contributed by atoms with E-state index in [1.807, 2.05) is 0 Å². The van der Waals surface area contributed by atoms with Crippen LogP contribution in [0.15, 0.2) is 35.9 Å². The van der Waals surface area contributed by atoms with E-state index >= 15 is 0 Å². The van der Waals surface area contributed by atoms with Crippen LogP contribution in [-0.2, 0) is 22.3 Å². The molecule has 4 heteroatoms. The molecule has 0 spiro atoms. The van der Waals surface area contributed by atoms with Crippen molar-refractivity contribution in [3.05, 3.63) is 52.1 Å². The highest BCUT2D eigenvalue weighted by atomic mass is 35.5. The number of aryl methyl sites for hydroxylation is 1. The number of hydrogen-bond donors (Lipinski definition) is 1. The Morgan fingerprint density at radius 3 is 2.54 bits per heavy atom. The van der Waals surface area contributed by atoms with Crippen LogP contribution in [-0.4, -0.2) is 25.5 Å². The quantitative estimate of drug-likeness (QED) is 0.307. The summed E-state index contributed by atoms with van der Waals surface area (Å²) < 4.78 is 12.5. The van der Waals surface area contributed by atoms with Gasteiger partial charge >= 0.3 is 0 Å². The third kappa shape index (κ3) is 8.10. The number of hydrogen-bond acceptors (Lipinski definition) is 3. The largest absolute Gasteiger partial charge is 0.383 e. The lowest BCUT2D eigenvalue weighted by Gasteiger charge is -2.33. The minimum Gasteiger partial charge on any atom is -0.383 e. The van der Waals surface area contributed by atoms with E-state index in [1.54, 1.807) is 0 Å². The number of halogens is 1. The molecule has 1 atom stereocenters. The molecule has 3 rings (SSSR count). The van der Waals surface area contributed by atoms with Crippen molar-refractivity contribution in [1.82, 2.24) is 0 Å². The first-order chi connectivity index (χ1) is 16.8. The molecule has 0 amide bonds. The smallest absolute Gasteiger partial charge is 0.191 e. The minimum atomic E-state index is -0.524. The zero-order valence-electron chi connectivity index (χ0n) is 22.9. The molecule has 0 bridgehead atoms. The summed E-state index contributed by atoms with van der Waals surface area (Å²) in [6, 6.07) is 4.31. The van der Waals surface area contributed by atoms with Gasteiger partial charge in [-0.3, -0.25) is 0 Å². The van der Waals surface area contributed by atoms with Gasteiger partial charge in [-0.2, -0.15) is 0 Å². The molecule has 1 aliphatic heterocycles. The van der Waals surface area contributed by atoms with Crippen LogP contribution in [0.2, 0.25) is 5.02 Å². The molecule has 1 unspecified atom stereocenters. The van der Waals surface area contributed by atoms with Gasteiger partial charge in [0.15, 0.2) is 5.79 Å². The Hall–Kier alpha value is -1.29. The van der Waals surface area contributed by atoms with Crippen molar-refractivity contribution in [2.24, 2.45) is 11.3 Å². The summed E-state index contributed by atoms with van der Waals surface area (Å²) >= 11 is 6.70. The number of anilines is 1. The second kappa shape index (κ2) is 13.3. The standard InChI is InChI=1S/C31H48ClNO2/c1-6-8-14-25-17-18-28(32)29(27(25)11-7-2)33-23-24-12-9-15-26(16-10-13-24)31(34-21-22-35-31)20-19-30(3,4)5/h9,12,16-18,24,33H,6-8,10-11,13-15,19-23H2,1-5H3/b12-9-,26-16+. The van der Waals surface area contributed by atoms with Crippen LogP contribution in [0, 0.1) is 11.3 Å². The predicted molar refractivity (Wildman–Crippen MR) is 150 cm³/mol. The molecule has 196 valence electrons. The Morgan fingerprint density at radius 2 is 1.86 bits per heavy atom. The molecule has 1 N–H and O–H groups in total. The van der Waals surface area contributed by atoms with Gasteiger partial charge < -0.3 is 14.8 Å². The first kappa shape index (κ1) is 28.3. The molecule has 1 aromatic carbocycles. The van der Waals surface area contributed by atoms with E-state index in [9.17, 15) is 0 Å². The number of rotatable bonds is 11. The first-order valence-corrected chi connectivity index (χ1v) is 14.3. The maximum atomic E-state index is 6.70. The van der Waals surface area contributed by atoms with Gasteiger partial charge in [-0.05, 0) is 79.0 Å². The van der Waals surface area contributed by atoms with E-state index in [4.69, 9.17) is 21.1 Å². The van der Waals surface area contributed by atoms with E-state index in [0.717, 1.165) is 68.6 Å². The second-order valence-electron chi connectivity index (χ2n) is 11.5. The van der Waals surface area contributed by atoms with Gasteiger partial charge in [0.1, 0.15) is 0 Å². The molecule has 1 fully saturated rings. The lowest BCUT2D eigenvalue weighted by molar-refractivity contribution is -0.136. The Morgan fingerprint density at radius 1 is 1.09 bits per heavy atom. The summed E-state index contributed by atoms with van der Waals surface area (Å²) in [5, 5.41) is 4.61. The van der Waals surface area contributed by atoms with E-state index in [1.165, 1.54) is 29.5 Å². The zero-order valence-corrected chi connectivity index (χ0v) is 23.6. The van der Waals surface area contributed by atoms with Gasteiger partial charge in [0.05, 0.1) is 23.9 Å². The minimum absolute atomic E-state index is 0.267. The average molecular weight is 502 g/mol. The summed E-state index contributed by atoms with van der Waals surface area (Å²) in [6.07, 6.45) is 17.9. The molecule has 3 nitrogen and oxygen atoms in total. The Kier molecular flexibility index (Phi) is 10.8. The number of nitrogens with one attached hydrogen (secondary N) is 1. The van der Waals surface area contributed by atoms with Gasteiger partial charge in [-0.15, -0.1) is 0 Å². The van der Waals surface area contributed by atoms with Crippen LogP contribution in [0.25, 0.3) is 0 Å². The predicted octanol–water partition coefficient (Wildman–Crippen LogP) is 8.90. The van der Waals surface area contributed by atoms with E-state index in [-0.39, 0.29) is 5.41 Å². The van der Waals surface area contributed by atoms with Gasteiger partial charge in [-0.1, -0.05) is 83.4 Å². The van der Waals surface area contributed by atoms with Crippen molar-refractivity contribution in [3.8, 4) is 0 Å². The number of ether oxygens (including phenoxy) is 2. The third-order valence-electron chi connectivity index (χ3n) is 7.32. The highest BCUT2D eigenvalue weighted by Crippen LogP contribution is 2.39. The highest BCUT2D eigenvalue weighted by molar-refractivity contribution is 6.33. The van der Waals surface area contributed by atoms with Crippen LogP contribution in [0.4, 0.5) is 5.69 Å². The van der Waals surface area contributed by atoms with E-state index < -0.39 is 5.79 Å². The number of allylic oxidation sites excluding steroid dienone is 2. The molecule has 2 aliphatic rings. The summed E-state index contributed by atoms with van der Waals surface area (Å²) in [5.74, 6) is -0.0434. The van der Waals surface area contributed by atoms with Crippen molar-refractivity contribution >= 4 is 17.3 Å². The number of unbranched alkanes of at least 4 members (excludes halogenated alkanes) is 1. The van der Waals surface area contributed by atoms with Crippen LogP contribution in [0.1, 0.15) is 97.1 Å². The average Bonchev–Trinajstić information content (AvgIpc) is 3.28. The summed E-state index contributed by atoms with van der Waals surface area (Å²) in [6.45, 7) is 13.7. The first-order valence-electron chi connectivity index (χ1n) is 14.0. The second-order valence-corrected chi connectivity index (χ2v) is 11.9. The molecule has 35 heavy (non-hydrogen) atoms. The van der Waals surface area contributed by atoms with Crippen LogP contribution in [0.5, 0.6) is 0 Å². The van der Waals surface area contributed by atoms with Crippen molar-refractivity contribution < 1.29 is 9.47 Å². The van der Waals surface area contributed by atoms with Crippen LogP contribution >= 0.6 is 11.6 Å². The Balaban J connectivity index is 1.65. The summed E-state index contributed by atoms with van der Waals surface area (Å²) in [4.78, 5) is 0. The fraction of sp³-hybridized carbons (Fsp3) is 0.677. The molecule has 0 aromatic heterocycles. The topological polar surface area (TPSA) is 30.5 Å². The fourth-order valence-corrected chi connectivity index (χ4v) is 5.47. The Labute approximate surface area is 219 Å². The van der Waals surface area contributed by atoms with Crippen molar-refractivity contribution in [2.75, 3.05) is 25.1 Å². The highest BCUT2D eigenvalue weighted by Gasteiger charge is 2.40. The molecular formula is C31H48ClNO2. The molecule has 1 aliphatic carbocycles. The van der Waals surface area contributed by atoms with Gasteiger partial charge in [0.2, 0.25) is 0 Å². The van der Waals surface area contributed by atoms with Gasteiger partial charge in [-0.25, -0.2) is 0 Å². The molecule has 1 heterocycles. The van der Waals surface area contributed by atoms with Gasteiger partial charge in [0, 0.05) is 13.0 Å². The van der Waals surface area contributed by atoms with Crippen LogP contribution < -0.4 is 5.32 Å². The molecular weight excluding hydrogens is 454 g/mol. The lowest BCUT2D eigenvalue weighted by Crippen LogP contribution is -2.34. The molecule has 1 saturated heterocycles. The number of benzene rings is 1. The monoisotopic (exact) mass is 501 g/mol. The normalized spacial score (nSPS) is 22.8. The molecule has 0 saturated carbocycles. The van der Waals surface area contributed by atoms with E-state index in [0.29, 0.717) is 19.1 Å². The van der Waals surface area contributed by atoms with Crippen molar-refractivity contribution in [2.45, 2.75) is 105 Å². The van der Waals surface area contributed by atoms with Crippen molar-refractivity contribution in [1.29, 1.82) is 0 Å².